The Hall–Kier alpha value is -3.66. The highest BCUT2D eigenvalue weighted by Crippen LogP contribution is 2.30. The first-order valence-corrected chi connectivity index (χ1v) is 11.3. The Kier molecular flexibility index (Phi) is 9.24. The first-order chi connectivity index (χ1) is 17.3. The molecule has 36 heavy (non-hydrogen) atoms. The number of aliphatic carboxylic acids is 1. The summed E-state index contributed by atoms with van der Waals surface area (Å²) in [4.78, 5) is 21.8. The fourth-order valence-corrected chi connectivity index (χ4v) is 3.59. The summed E-state index contributed by atoms with van der Waals surface area (Å²) in [6.45, 7) is 1.19. The maximum Gasteiger partial charge on any atom is 0.341 e. The van der Waals surface area contributed by atoms with E-state index >= 15 is 0 Å². The van der Waals surface area contributed by atoms with Crippen LogP contribution in [0.5, 0.6) is 5.75 Å². The highest BCUT2D eigenvalue weighted by atomic mass is 19.3. The van der Waals surface area contributed by atoms with E-state index in [1.54, 1.807) is 19.4 Å². The van der Waals surface area contributed by atoms with Gasteiger partial charge in [0.05, 0.1) is 24.7 Å². The molecule has 2 aromatic carbocycles. The molecule has 0 aliphatic heterocycles. The number of methoxy groups -OCH3 is 1. The van der Waals surface area contributed by atoms with Crippen LogP contribution in [-0.4, -0.2) is 54.6 Å². The highest BCUT2D eigenvalue weighted by molar-refractivity contribution is 5.68. The minimum Gasteiger partial charge on any atom is -0.482 e. The highest BCUT2D eigenvalue weighted by Gasteiger charge is 2.31. The Balaban J connectivity index is 1.85. The number of alkyl halides is 3. The summed E-state index contributed by atoms with van der Waals surface area (Å²) < 4.78 is 50.5. The lowest BCUT2D eigenvalue weighted by Crippen LogP contribution is -2.28. The van der Waals surface area contributed by atoms with Crippen molar-refractivity contribution in [1.82, 2.24) is 9.97 Å². The van der Waals surface area contributed by atoms with E-state index in [4.69, 9.17) is 14.6 Å². The van der Waals surface area contributed by atoms with Crippen molar-refractivity contribution >= 4 is 11.8 Å². The third-order valence-corrected chi connectivity index (χ3v) is 5.51. The first-order valence-electron chi connectivity index (χ1n) is 11.3. The number of carboxylic acids is 1. The van der Waals surface area contributed by atoms with Crippen molar-refractivity contribution < 1.29 is 32.5 Å². The van der Waals surface area contributed by atoms with E-state index in [2.05, 4.69) is 9.97 Å². The minimum absolute atomic E-state index is 0.401. The Morgan fingerprint density at radius 2 is 1.89 bits per heavy atom. The maximum absolute atomic E-state index is 13.6. The molecule has 1 N–H and O–H groups in total. The first kappa shape index (κ1) is 26.9. The third-order valence-electron chi connectivity index (χ3n) is 5.51. The van der Waals surface area contributed by atoms with Crippen LogP contribution in [0.25, 0.3) is 11.3 Å². The predicted octanol–water partition coefficient (Wildman–Crippen LogP) is 4.88. The second-order valence-corrected chi connectivity index (χ2v) is 8.07. The summed E-state index contributed by atoms with van der Waals surface area (Å²) in [6.07, 6.45) is 3.80. The zero-order chi connectivity index (χ0) is 26.1. The molecule has 3 aromatic rings. The number of nitrogens with zero attached hydrogens (tertiary/aromatic N) is 3. The van der Waals surface area contributed by atoms with Gasteiger partial charge in [-0.05, 0) is 23.6 Å². The van der Waals surface area contributed by atoms with E-state index in [0.717, 1.165) is 11.1 Å². The van der Waals surface area contributed by atoms with Crippen LogP contribution < -0.4 is 9.64 Å². The number of aryl methyl sites for hydroxylation is 1. The van der Waals surface area contributed by atoms with E-state index in [-0.39, 0.29) is 0 Å². The number of hydrogen-bond donors (Lipinski definition) is 1. The molecule has 3 rings (SSSR count). The summed E-state index contributed by atoms with van der Waals surface area (Å²) >= 11 is 0. The second-order valence-electron chi connectivity index (χ2n) is 8.07. The largest absolute Gasteiger partial charge is 0.482 e. The van der Waals surface area contributed by atoms with Crippen molar-refractivity contribution in [2.45, 2.75) is 25.8 Å². The Labute approximate surface area is 207 Å². The van der Waals surface area contributed by atoms with Crippen LogP contribution in [0, 0.1) is 0 Å². The molecule has 0 aliphatic rings. The molecule has 192 valence electrons. The van der Waals surface area contributed by atoms with Gasteiger partial charge in [0.2, 0.25) is 0 Å². The fourth-order valence-electron chi connectivity index (χ4n) is 3.59. The molecule has 0 saturated carbocycles. The maximum atomic E-state index is 13.6. The van der Waals surface area contributed by atoms with Gasteiger partial charge < -0.3 is 19.5 Å². The molecule has 1 aromatic heterocycles. The Morgan fingerprint density at radius 3 is 2.53 bits per heavy atom. The molecule has 0 fully saturated rings. The zero-order valence-electron chi connectivity index (χ0n) is 20.1. The molecule has 7 nitrogen and oxygen atoms in total. The molecule has 0 saturated heterocycles. The van der Waals surface area contributed by atoms with Crippen LogP contribution in [-0.2, 0) is 28.4 Å². The molecule has 1 heterocycles. The van der Waals surface area contributed by atoms with Crippen LogP contribution >= 0.6 is 0 Å². The Bertz CT molecular complexity index is 1160. The molecule has 0 aliphatic carbocycles. The van der Waals surface area contributed by atoms with Gasteiger partial charge >= 0.3 is 11.9 Å². The van der Waals surface area contributed by atoms with Crippen LogP contribution in [0.4, 0.5) is 19.0 Å². The van der Waals surface area contributed by atoms with Crippen molar-refractivity contribution in [1.29, 1.82) is 0 Å². The van der Waals surface area contributed by atoms with Gasteiger partial charge in [0, 0.05) is 31.3 Å². The number of halogens is 3. The van der Waals surface area contributed by atoms with E-state index in [1.807, 2.05) is 24.0 Å². The number of hydrogen-bond acceptors (Lipinski definition) is 6. The van der Waals surface area contributed by atoms with Gasteiger partial charge in [-0.25, -0.2) is 14.2 Å². The Morgan fingerprint density at radius 1 is 1.14 bits per heavy atom. The van der Waals surface area contributed by atoms with Crippen molar-refractivity contribution in [2.75, 3.05) is 38.4 Å². The summed E-state index contributed by atoms with van der Waals surface area (Å²) in [5.41, 5.74) is 2.49. The number of rotatable bonds is 13. The van der Waals surface area contributed by atoms with Crippen molar-refractivity contribution in [3.63, 3.8) is 0 Å². The smallest absolute Gasteiger partial charge is 0.341 e. The summed E-state index contributed by atoms with van der Waals surface area (Å²) in [5, 5.41) is 8.88. The molecule has 0 bridgehead atoms. The topological polar surface area (TPSA) is 84.8 Å². The number of carboxylic acid groups (broad SMARTS) is 1. The van der Waals surface area contributed by atoms with Crippen LogP contribution in [0.15, 0.2) is 54.9 Å². The van der Waals surface area contributed by atoms with E-state index in [1.165, 1.54) is 30.5 Å². The third kappa shape index (κ3) is 6.94. The minimum atomic E-state index is -3.53. The number of aromatic nitrogens is 2. The lowest BCUT2D eigenvalue weighted by atomic mass is 10.1. The average Bonchev–Trinajstić information content (AvgIpc) is 2.90. The van der Waals surface area contributed by atoms with E-state index < -0.39 is 30.7 Å². The standard InChI is InChI=1S/C26H28F3N3O4/c1-3-19-12-18(4-9-23(19)36-16-25(33)34)15-32(10-11-35-2)24-14-30-13-22(31-24)20-5-7-21(8-6-20)26(28,29)17-27/h4-9,12-14H,3,10-11,15-17H2,1-2H3,(H,33,34). The molecule has 0 radical (unpaired) electrons. The van der Waals surface area contributed by atoms with E-state index in [0.29, 0.717) is 48.9 Å². The summed E-state index contributed by atoms with van der Waals surface area (Å²) in [6, 6.07) is 10.9. The number of ether oxygens (including phenoxy) is 2. The SMILES string of the molecule is CCc1cc(CN(CCOC)c2cncc(-c3ccc(C(F)(F)CF)cc3)n2)ccc1OCC(=O)O. The van der Waals surface area contributed by atoms with Crippen molar-refractivity contribution in [3.8, 4) is 17.0 Å². The van der Waals surface area contributed by atoms with Gasteiger partial charge in [-0.15, -0.1) is 0 Å². The molecule has 0 amide bonds. The molecule has 0 unspecified atom stereocenters. The number of carbonyl (C=O) groups is 1. The molecular weight excluding hydrogens is 475 g/mol. The van der Waals surface area contributed by atoms with E-state index in [9.17, 15) is 18.0 Å². The van der Waals surface area contributed by atoms with Crippen LogP contribution in [0.1, 0.15) is 23.6 Å². The number of anilines is 1. The second kappa shape index (κ2) is 12.3. The van der Waals surface area contributed by atoms with Gasteiger partial charge in [0.1, 0.15) is 11.6 Å². The van der Waals surface area contributed by atoms with Gasteiger partial charge in [-0.3, -0.25) is 4.98 Å². The summed E-state index contributed by atoms with van der Waals surface area (Å²) in [7, 11) is 1.60. The molecular formula is C26H28F3N3O4. The van der Waals surface area contributed by atoms with Crippen LogP contribution in [0.2, 0.25) is 0 Å². The van der Waals surface area contributed by atoms with Gasteiger partial charge in [0.25, 0.3) is 0 Å². The summed E-state index contributed by atoms with van der Waals surface area (Å²) in [5.74, 6) is -3.49. The lowest BCUT2D eigenvalue weighted by molar-refractivity contribution is -0.139. The quantitative estimate of drug-likeness (QED) is 0.356. The van der Waals surface area contributed by atoms with Gasteiger partial charge in [-0.2, -0.15) is 8.78 Å². The lowest BCUT2D eigenvalue weighted by Gasteiger charge is -2.24. The predicted molar refractivity (Wildman–Crippen MR) is 129 cm³/mol. The van der Waals surface area contributed by atoms with Crippen molar-refractivity contribution in [3.05, 3.63) is 71.5 Å². The molecule has 10 heteroatoms. The van der Waals surface area contributed by atoms with Crippen LogP contribution in [0.3, 0.4) is 0 Å². The molecule has 0 atom stereocenters. The monoisotopic (exact) mass is 503 g/mol. The van der Waals surface area contributed by atoms with Crippen molar-refractivity contribution in [2.24, 2.45) is 0 Å². The van der Waals surface area contributed by atoms with Gasteiger partial charge in [-0.1, -0.05) is 43.3 Å². The fraction of sp³-hybridized carbons (Fsp3) is 0.346. The van der Waals surface area contributed by atoms with Gasteiger partial charge in [0.15, 0.2) is 13.3 Å². The average molecular weight is 504 g/mol. The normalized spacial score (nSPS) is 11.4. The number of benzene rings is 2. The zero-order valence-corrected chi connectivity index (χ0v) is 20.1. The molecule has 0 spiro atoms.